The number of nitrogens with zero attached hydrogens (tertiary/aromatic N) is 5. The van der Waals surface area contributed by atoms with E-state index in [1.54, 1.807) is 11.1 Å². The van der Waals surface area contributed by atoms with Gasteiger partial charge in [0.05, 0.1) is 0 Å². The van der Waals surface area contributed by atoms with Crippen molar-refractivity contribution in [2.24, 2.45) is 5.73 Å². The number of aromatic nitrogens is 4. The highest BCUT2D eigenvalue weighted by Crippen LogP contribution is 2.26. The largest absolute Gasteiger partial charge is 0.364 e. The van der Waals surface area contributed by atoms with E-state index in [-0.39, 0.29) is 29.4 Å². The Morgan fingerprint density at radius 3 is 2.94 bits per heavy atom. The molecule has 3 aromatic rings. The van der Waals surface area contributed by atoms with Gasteiger partial charge in [0.1, 0.15) is 5.01 Å². The third-order valence-electron chi connectivity index (χ3n) is 4.97. The van der Waals surface area contributed by atoms with Crippen LogP contribution in [0.2, 0.25) is 0 Å². The number of amides is 2. The molecule has 2 aromatic heterocycles. The van der Waals surface area contributed by atoms with Gasteiger partial charge in [0.25, 0.3) is 5.91 Å². The smallest absolute Gasteiger partial charge is 0.273 e. The first-order valence-electron chi connectivity index (χ1n) is 10.0. The van der Waals surface area contributed by atoms with Gasteiger partial charge in [-0.2, -0.15) is 4.98 Å². The SMILES string of the molecule is C=CC(=O)N1CCC[C@@H](Nc2nnc(C(N)=O)c(Nc3cccc(-c4nccs4)c3)n2)C1. The Kier molecular flexibility index (Phi) is 6.36. The maximum atomic E-state index is 11.9. The number of nitrogens with two attached hydrogens (primary N) is 1. The summed E-state index contributed by atoms with van der Waals surface area (Å²) in [6.45, 7) is 4.73. The van der Waals surface area contributed by atoms with Gasteiger partial charge in [-0.1, -0.05) is 18.7 Å². The Morgan fingerprint density at radius 2 is 2.19 bits per heavy atom. The van der Waals surface area contributed by atoms with Crippen LogP contribution in [0.15, 0.2) is 48.5 Å². The van der Waals surface area contributed by atoms with E-state index in [1.807, 2.05) is 29.6 Å². The maximum Gasteiger partial charge on any atom is 0.273 e. The zero-order chi connectivity index (χ0) is 22.5. The van der Waals surface area contributed by atoms with Gasteiger partial charge in [-0.3, -0.25) is 9.59 Å². The number of anilines is 3. The fourth-order valence-electron chi connectivity index (χ4n) is 3.48. The van der Waals surface area contributed by atoms with Crippen molar-refractivity contribution in [3.05, 3.63) is 54.2 Å². The molecule has 1 aromatic carbocycles. The third-order valence-corrected chi connectivity index (χ3v) is 5.79. The van der Waals surface area contributed by atoms with E-state index in [9.17, 15) is 9.59 Å². The summed E-state index contributed by atoms with van der Waals surface area (Å²) in [4.78, 5) is 34.3. The Hall–Kier alpha value is -3.86. The standard InChI is InChI=1S/C21H22N8O2S/c1-2-16(30)29-9-4-7-15(12-29)25-21-26-19(17(18(22)31)27-28-21)24-14-6-3-5-13(11-14)20-23-8-10-32-20/h2-3,5-6,8,10-11,15H,1,4,7,9,12H2,(H2,22,31)(H2,24,25,26,28)/t15-/m1/s1. The van der Waals surface area contributed by atoms with E-state index in [0.717, 1.165) is 23.4 Å². The predicted octanol–water partition coefficient (Wildman–Crippen LogP) is 2.43. The van der Waals surface area contributed by atoms with E-state index in [4.69, 9.17) is 5.73 Å². The molecule has 0 radical (unpaired) electrons. The molecule has 1 fully saturated rings. The number of benzene rings is 1. The molecule has 1 aliphatic heterocycles. The number of hydrogen-bond donors (Lipinski definition) is 3. The van der Waals surface area contributed by atoms with E-state index in [2.05, 4.69) is 37.4 Å². The summed E-state index contributed by atoms with van der Waals surface area (Å²) in [5.41, 5.74) is 7.04. The average Bonchev–Trinajstić information content (AvgIpc) is 3.34. The van der Waals surface area contributed by atoms with Gasteiger partial charge in [0, 0.05) is 42.0 Å². The highest BCUT2D eigenvalue weighted by molar-refractivity contribution is 7.13. The van der Waals surface area contributed by atoms with Crippen molar-refractivity contribution in [3.8, 4) is 10.6 Å². The molecule has 4 N–H and O–H groups in total. The van der Waals surface area contributed by atoms with Gasteiger partial charge >= 0.3 is 0 Å². The van der Waals surface area contributed by atoms with Crippen molar-refractivity contribution >= 4 is 40.6 Å². The number of primary amides is 1. The molecule has 0 bridgehead atoms. The van der Waals surface area contributed by atoms with E-state index in [0.29, 0.717) is 18.8 Å². The second kappa shape index (κ2) is 9.52. The van der Waals surface area contributed by atoms with Gasteiger partial charge in [0.2, 0.25) is 11.9 Å². The lowest BCUT2D eigenvalue weighted by atomic mass is 10.1. The molecular weight excluding hydrogens is 428 g/mol. The Balaban J connectivity index is 1.55. The van der Waals surface area contributed by atoms with Crippen molar-refractivity contribution in [1.82, 2.24) is 25.1 Å². The number of carbonyl (C=O) groups is 2. The van der Waals surface area contributed by atoms with Crippen LogP contribution >= 0.6 is 11.3 Å². The minimum absolute atomic E-state index is 0.0463. The van der Waals surface area contributed by atoms with Gasteiger partial charge in [-0.15, -0.1) is 21.5 Å². The third kappa shape index (κ3) is 4.89. The van der Waals surface area contributed by atoms with Crippen LogP contribution in [0.4, 0.5) is 17.5 Å². The minimum Gasteiger partial charge on any atom is -0.364 e. The van der Waals surface area contributed by atoms with E-state index >= 15 is 0 Å². The number of nitrogens with one attached hydrogen (secondary N) is 2. The maximum absolute atomic E-state index is 11.9. The van der Waals surface area contributed by atoms with Crippen LogP contribution in [0.1, 0.15) is 23.3 Å². The van der Waals surface area contributed by atoms with E-state index in [1.165, 1.54) is 17.4 Å². The molecule has 1 atom stereocenters. The Labute approximate surface area is 188 Å². The lowest BCUT2D eigenvalue weighted by Gasteiger charge is -2.32. The molecule has 0 aliphatic carbocycles. The molecule has 10 nitrogen and oxygen atoms in total. The monoisotopic (exact) mass is 450 g/mol. The van der Waals surface area contributed by atoms with Crippen LogP contribution in [0.25, 0.3) is 10.6 Å². The molecule has 1 saturated heterocycles. The van der Waals surface area contributed by atoms with Crippen molar-refractivity contribution in [2.75, 3.05) is 23.7 Å². The first-order chi connectivity index (χ1) is 15.5. The summed E-state index contributed by atoms with van der Waals surface area (Å²) in [6, 6.07) is 7.53. The number of rotatable bonds is 7. The van der Waals surface area contributed by atoms with Crippen molar-refractivity contribution in [2.45, 2.75) is 18.9 Å². The molecule has 0 saturated carbocycles. The molecule has 32 heavy (non-hydrogen) atoms. The molecule has 11 heteroatoms. The number of carbonyl (C=O) groups excluding carboxylic acids is 2. The van der Waals surface area contributed by atoms with Crippen molar-refractivity contribution in [1.29, 1.82) is 0 Å². The van der Waals surface area contributed by atoms with Crippen LogP contribution < -0.4 is 16.4 Å². The van der Waals surface area contributed by atoms with Crippen LogP contribution in [0.3, 0.4) is 0 Å². The van der Waals surface area contributed by atoms with Crippen LogP contribution in [0, 0.1) is 0 Å². The van der Waals surface area contributed by atoms with Crippen LogP contribution in [0.5, 0.6) is 0 Å². The molecule has 1 aliphatic rings. The predicted molar refractivity (Wildman–Crippen MR) is 123 cm³/mol. The van der Waals surface area contributed by atoms with E-state index < -0.39 is 5.91 Å². The summed E-state index contributed by atoms with van der Waals surface area (Å²) in [7, 11) is 0. The Bertz CT molecular complexity index is 1130. The Morgan fingerprint density at radius 1 is 1.31 bits per heavy atom. The first kappa shape index (κ1) is 21.4. The first-order valence-corrected chi connectivity index (χ1v) is 10.9. The average molecular weight is 451 g/mol. The summed E-state index contributed by atoms with van der Waals surface area (Å²) in [5, 5.41) is 17.1. The zero-order valence-electron chi connectivity index (χ0n) is 17.2. The minimum atomic E-state index is -0.740. The number of likely N-dealkylation sites (tertiary alicyclic amines) is 1. The fourth-order valence-corrected chi connectivity index (χ4v) is 4.12. The normalized spacial score (nSPS) is 15.8. The topological polar surface area (TPSA) is 139 Å². The van der Waals surface area contributed by atoms with Crippen molar-refractivity contribution < 1.29 is 9.59 Å². The quantitative estimate of drug-likeness (QED) is 0.467. The molecule has 3 heterocycles. The van der Waals surface area contributed by atoms with Gasteiger partial charge in [0.15, 0.2) is 11.5 Å². The molecule has 164 valence electrons. The lowest BCUT2D eigenvalue weighted by molar-refractivity contribution is -0.127. The molecule has 2 amide bonds. The van der Waals surface area contributed by atoms with Crippen LogP contribution in [-0.2, 0) is 4.79 Å². The summed E-state index contributed by atoms with van der Waals surface area (Å²) in [6.07, 6.45) is 4.75. The number of thiazole rings is 1. The highest BCUT2D eigenvalue weighted by atomic mass is 32.1. The molecule has 4 rings (SSSR count). The number of piperidine rings is 1. The number of hydrogen-bond acceptors (Lipinski definition) is 9. The second-order valence-corrected chi connectivity index (χ2v) is 8.11. The molecule has 0 spiro atoms. The highest BCUT2D eigenvalue weighted by Gasteiger charge is 2.23. The molecular formula is C21H22N8O2S. The van der Waals surface area contributed by atoms with Crippen LogP contribution in [-0.4, -0.2) is 56.0 Å². The summed E-state index contributed by atoms with van der Waals surface area (Å²) >= 11 is 1.53. The summed E-state index contributed by atoms with van der Waals surface area (Å²) in [5.74, 6) is -0.412. The zero-order valence-corrected chi connectivity index (χ0v) is 18.0. The van der Waals surface area contributed by atoms with Gasteiger partial charge in [-0.05, 0) is 31.1 Å². The second-order valence-electron chi connectivity index (χ2n) is 7.21. The molecule has 0 unspecified atom stereocenters. The van der Waals surface area contributed by atoms with Gasteiger partial charge in [-0.25, -0.2) is 4.98 Å². The van der Waals surface area contributed by atoms with Crippen molar-refractivity contribution in [3.63, 3.8) is 0 Å². The lowest BCUT2D eigenvalue weighted by Crippen LogP contribution is -2.44. The summed E-state index contributed by atoms with van der Waals surface area (Å²) < 4.78 is 0. The fraction of sp³-hybridized carbons (Fsp3) is 0.238. The van der Waals surface area contributed by atoms with Gasteiger partial charge < -0.3 is 21.3 Å².